The molecule has 0 heterocycles. The van der Waals surface area contributed by atoms with Crippen LogP contribution in [0.4, 0.5) is 0 Å². The molecule has 1 aromatic carbocycles. The number of ether oxygens (including phenoxy) is 1. The minimum absolute atomic E-state index is 0.159. The van der Waals surface area contributed by atoms with Gasteiger partial charge in [-0.3, -0.25) is 0 Å². The van der Waals surface area contributed by atoms with Gasteiger partial charge in [0.15, 0.2) is 0 Å². The van der Waals surface area contributed by atoms with E-state index in [1.54, 1.807) is 0 Å². The number of likely N-dealkylation sites (N-methyl/N-ethyl adjacent to an activating group) is 1. The van der Waals surface area contributed by atoms with E-state index >= 15 is 0 Å². The summed E-state index contributed by atoms with van der Waals surface area (Å²) in [7, 11) is 1.93. The normalized spacial score (nSPS) is 13.7. The van der Waals surface area contributed by atoms with Crippen molar-refractivity contribution in [2.45, 2.75) is 70.8 Å². The van der Waals surface area contributed by atoms with Crippen LogP contribution in [0.2, 0.25) is 0 Å². The summed E-state index contributed by atoms with van der Waals surface area (Å²) in [5.41, 5.74) is 1.13. The Labute approximate surface area is 142 Å². The van der Waals surface area contributed by atoms with E-state index in [-0.39, 0.29) is 12.1 Å². The van der Waals surface area contributed by atoms with Crippen LogP contribution >= 0.6 is 0 Å². The van der Waals surface area contributed by atoms with Gasteiger partial charge in [0.05, 0.1) is 13.2 Å². The van der Waals surface area contributed by atoms with Crippen molar-refractivity contribution in [2.75, 3.05) is 20.3 Å². The molecule has 0 amide bonds. The molecule has 0 fully saturated rings. The van der Waals surface area contributed by atoms with E-state index in [4.69, 9.17) is 4.74 Å². The van der Waals surface area contributed by atoms with E-state index in [0.29, 0.717) is 0 Å². The largest absolute Gasteiger partial charge is 0.494 e. The van der Waals surface area contributed by atoms with Crippen molar-refractivity contribution in [2.24, 2.45) is 0 Å². The van der Waals surface area contributed by atoms with E-state index < -0.39 is 0 Å². The molecule has 1 aromatic rings. The lowest BCUT2D eigenvalue weighted by molar-refractivity contribution is 0.155. The van der Waals surface area contributed by atoms with Crippen molar-refractivity contribution >= 4 is 0 Å². The molecule has 0 saturated carbocycles. The van der Waals surface area contributed by atoms with Gasteiger partial charge in [-0.05, 0) is 50.4 Å². The summed E-state index contributed by atoms with van der Waals surface area (Å²) in [4.78, 5) is 0. The number of nitrogens with one attached hydrogen (secondary N) is 1. The van der Waals surface area contributed by atoms with E-state index in [0.717, 1.165) is 38.0 Å². The van der Waals surface area contributed by atoms with Gasteiger partial charge in [-0.15, -0.1) is 0 Å². The van der Waals surface area contributed by atoms with Crippen LogP contribution in [0, 0.1) is 0 Å². The number of aliphatic hydroxyl groups excluding tert-OH is 1. The summed E-state index contributed by atoms with van der Waals surface area (Å²) in [6.45, 7) is 5.34. The smallest absolute Gasteiger partial charge is 0.119 e. The molecule has 0 aliphatic heterocycles. The fourth-order valence-corrected chi connectivity index (χ4v) is 2.78. The molecule has 0 spiro atoms. The Bertz CT molecular complexity index is 390. The second-order valence-corrected chi connectivity index (χ2v) is 6.45. The molecule has 0 bridgehead atoms. The molecule has 2 N–H and O–H groups in total. The number of aryl methyl sites for hydroxylation is 1. The third kappa shape index (κ3) is 7.36. The number of benzene rings is 1. The van der Waals surface area contributed by atoms with Gasteiger partial charge >= 0.3 is 0 Å². The van der Waals surface area contributed by atoms with Gasteiger partial charge in [0.25, 0.3) is 0 Å². The van der Waals surface area contributed by atoms with Crippen LogP contribution in [-0.2, 0) is 6.42 Å². The SMILES string of the molecule is CCCCCCCOc1ccc(CCC(CC)(CO)NC)cc1. The Hall–Kier alpha value is -1.06. The Morgan fingerprint density at radius 2 is 1.74 bits per heavy atom. The van der Waals surface area contributed by atoms with Crippen LogP contribution < -0.4 is 10.1 Å². The van der Waals surface area contributed by atoms with Crippen molar-refractivity contribution in [3.8, 4) is 5.75 Å². The summed E-state index contributed by atoms with van der Waals surface area (Å²) >= 11 is 0. The number of hydrogen-bond donors (Lipinski definition) is 2. The first-order valence-corrected chi connectivity index (χ1v) is 9.21. The van der Waals surface area contributed by atoms with Crippen molar-refractivity contribution in [3.63, 3.8) is 0 Å². The predicted molar refractivity (Wildman–Crippen MR) is 98.2 cm³/mol. The van der Waals surface area contributed by atoms with Gasteiger partial charge in [-0.1, -0.05) is 51.7 Å². The van der Waals surface area contributed by atoms with Crippen LogP contribution in [0.5, 0.6) is 5.75 Å². The maximum Gasteiger partial charge on any atom is 0.119 e. The van der Waals surface area contributed by atoms with Gasteiger partial charge in [0, 0.05) is 5.54 Å². The average Bonchev–Trinajstić information content (AvgIpc) is 2.61. The highest BCUT2D eigenvalue weighted by molar-refractivity contribution is 5.27. The molecule has 0 aliphatic rings. The third-order valence-electron chi connectivity index (χ3n) is 4.84. The molecule has 3 nitrogen and oxygen atoms in total. The second kappa shape index (κ2) is 11.5. The van der Waals surface area contributed by atoms with Crippen molar-refractivity contribution in [1.29, 1.82) is 0 Å². The highest BCUT2D eigenvalue weighted by Gasteiger charge is 2.24. The monoisotopic (exact) mass is 321 g/mol. The molecule has 132 valence electrons. The number of aliphatic hydroxyl groups is 1. The molecule has 1 rings (SSSR count). The van der Waals surface area contributed by atoms with Crippen LogP contribution in [-0.4, -0.2) is 30.9 Å². The highest BCUT2D eigenvalue weighted by atomic mass is 16.5. The van der Waals surface area contributed by atoms with Crippen LogP contribution in [0.1, 0.15) is 64.4 Å². The van der Waals surface area contributed by atoms with Crippen molar-refractivity contribution in [3.05, 3.63) is 29.8 Å². The quantitative estimate of drug-likeness (QED) is 0.531. The highest BCUT2D eigenvalue weighted by Crippen LogP contribution is 2.19. The fourth-order valence-electron chi connectivity index (χ4n) is 2.78. The van der Waals surface area contributed by atoms with Crippen molar-refractivity contribution < 1.29 is 9.84 Å². The lowest BCUT2D eigenvalue weighted by atomic mass is 9.89. The molecule has 0 radical (unpaired) electrons. The van der Waals surface area contributed by atoms with Gasteiger partial charge in [-0.2, -0.15) is 0 Å². The van der Waals surface area contributed by atoms with E-state index in [1.165, 1.54) is 31.2 Å². The van der Waals surface area contributed by atoms with Gasteiger partial charge < -0.3 is 15.2 Å². The first-order chi connectivity index (χ1) is 11.2. The summed E-state index contributed by atoms with van der Waals surface area (Å²) in [6, 6.07) is 8.40. The lowest BCUT2D eigenvalue weighted by Gasteiger charge is -2.30. The third-order valence-corrected chi connectivity index (χ3v) is 4.84. The van der Waals surface area contributed by atoms with E-state index in [2.05, 4.69) is 43.4 Å². The minimum atomic E-state index is -0.159. The van der Waals surface area contributed by atoms with Crippen LogP contribution in [0.25, 0.3) is 0 Å². The van der Waals surface area contributed by atoms with Gasteiger partial charge in [0.2, 0.25) is 0 Å². The summed E-state index contributed by atoms with van der Waals surface area (Å²) in [5.74, 6) is 0.960. The van der Waals surface area contributed by atoms with Gasteiger partial charge in [-0.25, -0.2) is 0 Å². The zero-order chi connectivity index (χ0) is 17.0. The standard InChI is InChI=1S/C20H35NO2/c1-4-6-7-8-9-16-23-19-12-10-18(11-13-19)14-15-20(5-2,17-22)21-3/h10-13,21-22H,4-9,14-17H2,1-3H3. The number of rotatable bonds is 13. The Kier molecular flexibility index (Phi) is 9.97. The summed E-state index contributed by atoms with van der Waals surface area (Å²) in [5, 5.41) is 12.9. The average molecular weight is 322 g/mol. The molecular formula is C20H35NO2. The second-order valence-electron chi connectivity index (χ2n) is 6.45. The number of hydrogen-bond acceptors (Lipinski definition) is 3. The molecule has 1 unspecified atom stereocenters. The van der Waals surface area contributed by atoms with E-state index in [1.807, 2.05) is 7.05 Å². The van der Waals surface area contributed by atoms with E-state index in [9.17, 15) is 5.11 Å². The van der Waals surface area contributed by atoms with Crippen LogP contribution in [0.15, 0.2) is 24.3 Å². The number of unbranched alkanes of at least 4 members (excludes halogenated alkanes) is 4. The van der Waals surface area contributed by atoms with Gasteiger partial charge in [0.1, 0.15) is 5.75 Å². The first kappa shape index (κ1) is 20.0. The summed E-state index contributed by atoms with van der Waals surface area (Å²) in [6.07, 6.45) is 9.16. The molecule has 0 aliphatic carbocycles. The molecule has 3 heteroatoms. The molecule has 1 atom stereocenters. The summed E-state index contributed by atoms with van der Waals surface area (Å²) < 4.78 is 5.80. The topological polar surface area (TPSA) is 41.5 Å². The first-order valence-electron chi connectivity index (χ1n) is 9.21. The van der Waals surface area contributed by atoms with Crippen molar-refractivity contribution in [1.82, 2.24) is 5.32 Å². The maximum atomic E-state index is 9.59. The maximum absolute atomic E-state index is 9.59. The molecule has 0 saturated heterocycles. The predicted octanol–water partition coefficient (Wildman–Crippen LogP) is 4.33. The molecular weight excluding hydrogens is 286 g/mol. The Balaban J connectivity index is 2.33. The zero-order valence-corrected chi connectivity index (χ0v) is 15.2. The Morgan fingerprint density at radius 3 is 2.30 bits per heavy atom. The molecule has 23 heavy (non-hydrogen) atoms. The Morgan fingerprint density at radius 1 is 1.04 bits per heavy atom. The zero-order valence-electron chi connectivity index (χ0n) is 15.2. The lowest BCUT2D eigenvalue weighted by Crippen LogP contribution is -2.46. The molecule has 0 aromatic heterocycles. The fraction of sp³-hybridized carbons (Fsp3) is 0.700. The van der Waals surface area contributed by atoms with Crippen LogP contribution in [0.3, 0.4) is 0 Å². The minimum Gasteiger partial charge on any atom is -0.494 e.